The van der Waals surface area contributed by atoms with Crippen LogP contribution in [0.25, 0.3) is 0 Å². The molecule has 0 fully saturated rings. The molecule has 0 saturated heterocycles. The van der Waals surface area contributed by atoms with Crippen molar-refractivity contribution < 1.29 is 18.0 Å². The maximum Gasteiger partial charge on any atom is 0.244 e. The van der Waals surface area contributed by atoms with E-state index in [0.29, 0.717) is 5.69 Å². The fourth-order valence-electron chi connectivity index (χ4n) is 3.54. The van der Waals surface area contributed by atoms with Crippen LogP contribution in [-0.4, -0.2) is 51.0 Å². The van der Waals surface area contributed by atoms with Crippen LogP contribution in [0.5, 0.6) is 0 Å². The highest BCUT2D eigenvalue weighted by atomic mass is 32.2. The molecule has 0 aliphatic carbocycles. The number of sulfonamides is 1. The molecule has 0 aliphatic rings. The lowest BCUT2D eigenvalue weighted by molar-refractivity contribution is -0.139. The molecular weight excluding hydrogens is 414 g/mol. The number of likely N-dealkylation sites (N-methyl/N-ethyl adjacent to an activating group) is 1. The van der Waals surface area contributed by atoms with Crippen molar-refractivity contribution in [3.63, 3.8) is 0 Å². The fraction of sp³-hybridized carbons (Fsp3) is 0.391. The van der Waals surface area contributed by atoms with Gasteiger partial charge in [-0.3, -0.25) is 13.9 Å². The summed E-state index contributed by atoms with van der Waals surface area (Å²) in [5.41, 5.74) is 3.87. The highest BCUT2D eigenvalue weighted by Crippen LogP contribution is 2.27. The van der Waals surface area contributed by atoms with Crippen LogP contribution in [-0.2, 0) is 26.2 Å². The van der Waals surface area contributed by atoms with E-state index in [1.807, 2.05) is 63.2 Å². The number of nitrogens with zero attached hydrogens (tertiary/aromatic N) is 2. The summed E-state index contributed by atoms with van der Waals surface area (Å²) in [6, 6.07) is 12.3. The number of hydrogen-bond acceptors (Lipinski definition) is 4. The first-order valence-corrected chi connectivity index (χ1v) is 11.9. The maximum atomic E-state index is 13.4. The van der Waals surface area contributed by atoms with Gasteiger partial charge in [0.15, 0.2) is 0 Å². The van der Waals surface area contributed by atoms with E-state index in [4.69, 9.17) is 0 Å². The molecule has 0 saturated carbocycles. The second kappa shape index (κ2) is 9.96. The molecule has 168 valence electrons. The Bertz CT molecular complexity index is 1050. The van der Waals surface area contributed by atoms with Crippen LogP contribution >= 0.6 is 0 Å². The molecule has 8 heteroatoms. The fourth-order valence-corrected chi connectivity index (χ4v) is 4.50. The topological polar surface area (TPSA) is 86.8 Å². The largest absolute Gasteiger partial charge is 0.357 e. The van der Waals surface area contributed by atoms with Crippen LogP contribution in [0, 0.1) is 20.8 Å². The number of amides is 2. The van der Waals surface area contributed by atoms with Crippen LogP contribution in [0.1, 0.15) is 29.2 Å². The number of anilines is 1. The molecule has 1 N–H and O–H groups in total. The summed E-state index contributed by atoms with van der Waals surface area (Å²) >= 11 is 0. The number of hydrogen-bond donors (Lipinski definition) is 1. The van der Waals surface area contributed by atoms with Crippen molar-refractivity contribution in [2.75, 3.05) is 24.2 Å². The van der Waals surface area contributed by atoms with Gasteiger partial charge in [-0.2, -0.15) is 0 Å². The summed E-state index contributed by atoms with van der Waals surface area (Å²) in [7, 11) is -2.23. The van der Waals surface area contributed by atoms with Crippen LogP contribution in [0.2, 0.25) is 0 Å². The zero-order chi connectivity index (χ0) is 23.3. The van der Waals surface area contributed by atoms with E-state index in [1.54, 1.807) is 6.92 Å². The molecule has 0 radical (unpaired) electrons. The number of nitrogens with one attached hydrogen (secondary N) is 1. The van der Waals surface area contributed by atoms with Crippen molar-refractivity contribution in [1.29, 1.82) is 0 Å². The minimum Gasteiger partial charge on any atom is -0.357 e. The lowest BCUT2D eigenvalue weighted by Gasteiger charge is -2.32. The quantitative estimate of drug-likeness (QED) is 0.677. The number of carbonyl (C=O) groups excluding carboxylic acids is 2. The van der Waals surface area contributed by atoms with Gasteiger partial charge < -0.3 is 10.2 Å². The van der Waals surface area contributed by atoms with Gasteiger partial charge in [-0.1, -0.05) is 42.5 Å². The summed E-state index contributed by atoms with van der Waals surface area (Å²) in [6.07, 6.45) is 1.08. The third-order valence-corrected chi connectivity index (χ3v) is 6.50. The summed E-state index contributed by atoms with van der Waals surface area (Å²) in [5, 5.41) is 2.57. The van der Waals surface area contributed by atoms with E-state index >= 15 is 0 Å². The van der Waals surface area contributed by atoms with Gasteiger partial charge in [0.1, 0.15) is 12.6 Å². The minimum absolute atomic E-state index is 0.199. The molecular formula is C23H31N3O4S. The van der Waals surface area contributed by atoms with Gasteiger partial charge in [0.25, 0.3) is 0 Å². The summed E-state index contributed by atoms with van der Waals surface area (Å²) in [4.78, 5) is 27.2. The van der Waals surface area contributed by atoms with E-state index in [0.717, 1.165) is 32.8 Å². The summed E-state index contributed by atoms with van der Waals surface area (Å²) in [6.45, 7) is 7.00. The van der Waals surface area contributed by atoms with Gasteiger partial charge in [-0.05, 0) is 49.9 Å². The van der Waals surface area contributed by atoms with Crippen molar-refractivity contribution in [2.45, 2.75) is 40.3 Å². The molecule has 0 bridgehead atoms. The molecule has 2 amide bonds. The molecule has 0 spiro atoms. The Morgan fingerprint density at radius 3 is 2.03 bits per heavy atom. The lowest BCUT2D eigenvalue weighted by atomic mass is 10.1. The molecule has 2 aromatic rings. The average Bonchev–Trinajstić information content (AvgIpc) is 2.70. The van der Waals surface area contributed by atoms with Gasteiger partial charge in [0.2, 0.25) is 21.8 Å². The summed E-state index contributed by atoms with van der Waals surface area (Å²) in [5.74, 6) is -0.771. The van der Waals surface area contributed by atoms with Crippen LogP contribution in [0.4, 0.5) is 5.69 Å². The van der Waals surface area contributed by atoms with Gasteiger partial charge in [0, 0.05) is 13.6 Å². The van der Waals surface area contributed by atoms with Gasteiger partial charge in [0.05, 0.1) is 11.9 Å². The molecule has 0 heterocycles. The maximum absolute atomic E-state index is 13.4. The Hall–Kier alpha value is -2.87. The molecule has 2 aromatic carbocycles. The van der Waals surface area contributed by atoms with Gasteiger partial charge in [-0.15, -0.1) is 0 Å². The molecule has 1 atom stereocenters. The SMILES string of the molecule is CNC(=O)[C@H](C)N(Cc1ccccc1C)C(=O)CN(c1c(C)cccc1C)S(C)(=O)=O. The van der Waals surface area contributed by atoms with Crippen LogP contribution in [0.15, 0.2) is 42.5 Å². The summed E-state index contributed by atoms with van der Waals surface area (Å²) < 4.78 is 26.4. The van der Waals surface area contributed by atoms with Crippen molar-refractivity contribution in [2.24, 2.45) is 0 Å². The predicted molar refractivity (Wildman–Crippen MR) is 123 cm³/mol. The Labute approximate surface area is 185 Å². The average molecular weight is 446 g/mol. The normalized spacial score (nSPS) is 12.2. The number of benzene rings is 2. The molecule has 7 nitrogen and oxygen atoms in total. The van der Waals surface area contributed by atoms with Crippen molar-refractivity contribution >= 4 is 27.5 Å². The first kappa shape index (κ1) is 24.4. The van der Waals surface area contributed by atoms with Gasteiger partial charge in [-0.25, -0.2) is 8.42 Å². The Morgan fingerprint density at radius 1 is 0.968 bits per heavy atom. The van der Waals surface area contributed by atoms with E-state index in [2.05, 4.69) is 5.32 Å². The Kier molecular flexibility index (Phi) is 7.84. The zero-order valence-corrected chi connectivity index (χ0v) is 19.8. The van der Waals surface area contributed by atoms with Gasteiger partial charge >= 0.3 is 0 Å². The highest BCUT2D eigenvalue weighted by molar-refractivity contribution is 7.92. The predicted octanol–water partition coefficient (Wildman–Crippen LogP) is 2.54. The van der Waals surface area contributed by atoms with Crippen LogP contribution < -0.4 is 9.62 Å². The number of para-hydroxylation sites is 1. The molecule has 0 unspecified atom stereocenters. The Balaban J connectivity index is 2.46. The number of aryl methyl sites for hydroxylation is 3. The molecule has 0 aliphatic heterocycles. The van der Waals surface area contributed by atoms with Crippen molar-refractivity contribution in [1.82, 2.24) is 10.2 Å². The minimum atomic E-state index is -3.74. The first-order chi connectivity index (χ1) is 14.5. The lowest BCUT2D eigenvalue weighted by Crippen LogP contribution is -2.50. The second-order valence-electron chi connectivity index (χ2n) is 7.75. The standard InChI is InChI=1S/C23H31N3O4S/c1-16-10-7-8-13-20(16)14-25(19(4)23(28)24-5)21(27)15-26(31(6,29)30)22-17(2)11-9-12-18(22)3/h7-13,19H,14-15H2,1-6H3,(H,24,28)/t19-/m0/s1. The van der Waals surface area contributed by atoms with Crippen LogP contribution in [0.3, 0.4) is 0 Å². The molecule has 31 heavy (non-hydrogen) atoms. The third kappa shape index (κ3) is 5.85. The first-order valence-electron chi connectivity index (χ1n) is 10.1. The second-order valence-corrected chi connectivity index (χ2v) is 9.66. The Morgan fingerprint density at radius 2 is 1.52 bits per heavy atom. The zero-order valence-electron chi connectivity index (χ0n) is 19.0. The highest BCUT2D eigenvalue weighted by Gasteiger charge is 2.30. The smallest absolute Gasteiger partial charge is 0.244 e. The monoisotopic (exact) mass is 445 g/mol. The molecule has 2 rings (SSSR count). The molecule has 0 aromatic heterocycles. The van der Waals surface area contributed by atoms with Crippen molar-refractivity contribution in [3.8, 4) is 0 Å². The van der Waals surface area contributed by atoms with E-state index in [1.165, 1.54) is 11.9 Å². The van der Waals surface area contributed by atoms with E-state index in [9.17, 15) is 18.0 Å². The van der Waals surface area contributed by atoms with E-state index < -0.39 is 28.5 Å². The number of carbonyl (C=O) groups is 2. The van der Waals surface area contributed by atoms with E-state index in [-0.39, 0.29) is 12.5 Å². The number of rotatable bonds is 8. The van der Waals surface area contributed by atoms with Crippen molar-refractivity contribution in [3.05, 3.63) is 64.7 Å². The third-order valence-electron chi connectivity index (χ3n) is 5.38.